The lowest BCUT2D eigenvalue weighted by atomic mass is 10.1. The number of hydrogen-bond donors (Lipinski definition) is 1. The third kappa shape index (κ3) is 1.04. The minimum atomic E-state index is -1.08. The van der Waals surface area contributed by atoms with Gasteiger partial charge in [-0.05, 0) is 19.1 Å². The second kappa shape index (κ2) is 2.92. The van der Waals surface area contributed by atoms with Gasteiger partial charge in [-0.25, -0.2) is 4.90 Å². The van der Waals surface area contributed by atoms with Crippen molar-refractivity contribution in [1.82, 2.24) is 4.90 Å². The van der Waals surface area contributed by atoms with Gasteiger partial charge < -0.3 is 5.11 Å². The van der Waals surface area contributed by atoms with Crippen molar-refractivity contribution in [3.05, 3.63) is 35.4 Å². The maximum Gasteiger partial charge on any atom is 0.263 e. The Morgan fingerprint density at radius 1 is 1.14 bits per heavy atom. The van der Waals surface area contributed by atoms with Gasteiger partial charge in [0.05, 0.1) is 11.1 Å². The van der Waals surface area contributed by atoms with Crippen molar-refractivity contribution in [2.75, 3.05) is 0 Å². The molecule has 0 fully saturated rings. The van der Waals surface area contributed by atoms with Crippen LogP contribution in [0.25, 0.3) is 0 Å². The number of aliphatic hydroxyl groups is 1. The van der Waals surface area contributed by atoms with Gasteiger partial charge in [-0.15, -0.1) is 0 Å². The molecule has 2 rings (SSSR count). The summed E-state index contributed by atoms with van der Waals surface area (Å²) in [7, 11) is 0. The van der Waals surface area contributed by atoms with Crippen LogP contribution in [0.2, 0.25) is 0 Å². The number of nitrogens with zero attached hydrogens (tertiary/aromatic N) is 1. The Kier molecular flexibility index (Phi) is 1.86. The predicted molar refractivity (Wildman–Crippen MR) is 48.6 cm³/mol. The summed E-state index contributed by atoms with van der Waals surface area (Å²) < 4.78 is 0. The molecule has 72 valence electrons. The van der Waals surface area contributed by atoms with Crippen LogP contribution in [-0.2, 0) is 0 Å². The number of rotatable bonds is 1. The van der Waals surface area contributed by atoms with Gasteiger partial charge in [0.2, 0.25) is 0 Å². The molecule has 14 heavy (non-hydrogen) atoms. The van der Waals surface area contributed by atoms with E-state index in [9.17, 15) is 14.7 Å². The van der Waals surface area contributed by atoms with E-state index in [2.05, 4.69) is 0 Å². The van der Waals surface area contributed by atoms with Crippen LogP contribution in [0.15, 0.2) is 24.3 Å². The first-order valence-corrected chi connectivity index (χ1v) is 4.28. The molecule has 0 bridgehead atoms. The first-order chi connectivity index (χ1) is 6.63. The summed E-state index contributed by atoms with van der Waals surface area (Å²) in [5.74, 6) is -0.860. The zero-order chi connectivity index (χ0) is 10.3. The summed E-state index contributed by atoms with van der Waals surface area (Å²) in [5.41, 5.74) is 0.719. The molecule has 0 spiro atoms. The third-order valence-electron chi connectivity index (χ3n) is 2.20. The Bertz CT molecular complexity index is 377. The molecule has 0 radical (unpaired) electrons. The Morgan fingerprint density at radius 3 is 1.93 bits per heavy atom. The highest BCUT2D eigenvalue weighted by atomic mass is 16.3. The van der Waals surface area contributed by atoms with Crippen molar-refractivity contribution in [3.8, 4) is 0 Å². The maximum absolute atomic E-state index is 11.6. The van der Waals surface area contributed by atoms with E-state index in [1.807, 2.05) is 0 Å². The van der Waals surface area contributed by atoms with Gasteiger partial charge in [0.15, 0.2) is 0 Å². The monoisotopic (exact) mass is 191 g/mol. The van der Waals surface area contributed by atoms with Crippen molar-refractivity contribution in [2.24, 2.45) is 0 Å². The quantitative estimate of drug-likeness (QED) is 0.662. The molecule has 1 heterocycles. The van der Waals surface area contributed by atoms with Crippen molar-refractivity contribution >= 4 is 11.8 Å². The molecule has 1 aromatic rings. The van der Waals surface area contributed by atoms with Crippen LogP contribution < -0.4 is 0 Å². The van der Waals surface area contributed by atoms with E-state index in [4.69, 9.17) is 0 Å². The first kappa shape index (κ1) is 8.90. The fourth-order valence-electron chi connectivity index (χ4n) is 1.55. The lowest BCUT2D eigenvalue weighted by Crippen LogP contribution is -2.37. The number of carbonyl (C=O) groups is 2. The van der Waals surface area contributed by atoms with Gasteiger partial charge in [-0.2, -0.15) is 0 Å². The molecular formula is C10H9NO3. The Labute approximate surface area is 80.8 Å². The number of hydrogen-bond acceptors (Lipinski definition) is 3. The number of aliphatic hydroxyl groups excluding tert-OH is 1. The van der Waals surface area contributed by atoms with E-state index in [-0.39, 0.29) is 0 Å². The van der Waals surface area contributed by atoms with Crippen molar-refractivity contribution in [1.29, 1.82) is 0 Å². The molecule has 0 saturated heterocycles. The maximum atomic E-state index is 11.6. The smallest absolute Gasteiger partial charge is 0.263 e. The molecule has 1 unspecified atom stereocenters. The average molecular weight is 191 g/mol. The van der Waals surface area contributed by atoms with E-state index in [0.29, 0.717) is 11.1 Å². The number of fused-ring (bicyclic) bond motifs is 1. The Balaban J connectivity index is 2.54. The van der Waals surface area contributed by atoms with Crippen LogP contribution in [0.1, 0.15) is 27.6 Å². The van der Waals surface area contributed by atoms with Gasteiger partial charge in [0.25, 0.3) is 11.8 Å². The molecule has 2 amide bonds. The normalized spacial score (nSPS) is 17.1. The van der Waals surface area contributed by atoms with Gasteiger partial charge in [0, 0.05) is 0 Å². The molecule has 0 aromatic heterocycles. The second-order valence-electron chi connectivity index (χ2n) is 3.16. The topological polar surface area (TPSA) is 57.6 Å². The molecule has 1 aromatic carbocycles. The van der Waals surface area contributed by atoms with Gasteiger partial charge in [-0.3, -0.25) is 9.59 Å². The van der Waals surface area contributed by atoms with E-state index in [1.165, 1.54) is 6.92 Å². The summed E-state index contributed by atoms with van der Waals surface area (Å²) in [6.07, 6.45) is -1.08. The standard InChI is InChI=1S/C10H9NO3/c1-6(12)11-9(13)7-4-2-3-5-8(7)10(11)14/h2-6,12H,1H3. The molecule has 4 nitrogen and oxygen atoms in total. The van der Waals surface area contributed by atoms with Gasteiger partial charge >= 0.3 is 0 Å². The van der Waals surface area contributed by atoms with Crippen molar-refractivity contribution in [3.63, 3.8) is 0 Å². The Hall–Kier alpha value is -1.68. The summed E-state index contributed by atoms with van der Waals surface area (Å²) in [4.78, 5) is 24.0. The molecular weight excluding hydrogens is 182 g/mol. The highest BCUT2D eigenvalue weighted by Crippen LogP contribution is 2.23. The molecule has 0 saturated carbocycles. The minimum Gasteiger partial charge on any atom is -0.373 e. The number of amides is 2. The van der Waals surface area contributed by atoms with E-state index in [1.54, 1.807) is 24.3 Å². The summed E-state index contributed by atoms with van der Waals surface area (Å²) in [5, 5.41) is 9.25. The van der Waals surface area contributed by atoms with Gasteiger partial charge in [-0.1, -0.05) is 12.1 Å². The Morgan fingerprint density at radius 2 is 1.57 bits per heavy atom. The molecule has 1 aliphatic rings. The number of benzene rings is 1. The van der Waals surface area contributed by atoms with E-state index < -0.39 is 18.0 Å². The summed E-state index contributed by atoms with van der Waals surface area (Å²) >= 11 is 0. The lowest BCUT2D eigenvalue weighted by Gasteiger charge is -2.16. The minimum absolute atomic E-state index is 0.360. The highest BCUT2D eigenvalue weighted by molar-refractivity contribution is 6.21. The zero-order valence-electron chi connectivity index (χ0n) is 7.60. The van der Waals surface area contributed by atoms with Crippen LogP contribution >= 0.6 is 0 Å². The summed E-state index contributed by atoms with van der Waals surface area (Å²) in [6.45, 7) is 1.39. The third-order valence-corrected chi connectivity index (χ3v) is 2.20. The zero-order valence-corrected chi connectivity index (χ0v) is 7.60. The molecule has 0 aliphatic carbocycles. The van der Waals surface area contributed by atoms with Crippen LogP contribution in [0.3, 0.4) is 0 Å². The van der Waals surface area contributed by atoms with Crippen molar-refractivity contribution in [2.45, 2.75) is 13.2 Å². The second-order valence-corrected chi connectivity index (χ2v) is 3.16. The molecule has 4 heteroatoms. The van der Waals surface area contributed by atoms with Gasteiger partial charge in [0.1, 0.15) is 6.23 Å². The largest absolute Gasteiger partial charge is 0.373 e. The fourth-order valence-corrected chi connectivity index (χ4v) is 1.55. The van der Waals surface area contributed by atoms with Crippen LogP contribution in [0.4, 0.5) is 0 Å². The highest BCUT2D eigenvalue weighted by Gasteiger charge is 2.37. The van der Waals surface area contributed by atoms with Crippen LogP contribution in [0.5, 0.6) is 0 Å². The van der Waals surface area contributed by atoms with E-state index in [0.717, 1.165) is 4.90 Å². The first-order valence-electron chi connectivity index (χ1n) is 4.28. The lowest BCUT2D eigenvalue weighted by molar-refractivity contribution is 0.0214. The van der Waals surface area contributed by atoms with Crippen LogP contribution in [-0.4, -0.2) is 28.0 Å². The predicted octanol–water partition coefficient (Wildman–Crippen LogP) is 0.621. The van der Waals surface area contributed by atoms with Crippen LogP contribution in [0, 0.1) is 0 Å². The SMILES string of the molecule is CC(O)N1C(=O)c2ccccc2C1=O. The fraction of sp³-hybridized carbons (Fsp3) is 0.200. The molecule has 1 atom stereocenters. The number of imide groups is 1. The molecule has 1 N–H and O–H groups in total. The van der Waals surface area contributed by atoms with E-state index >= 15 is 0 Å². The molecule has 1 aliphatic heterocycles. The number of carbonyl (C=O) groups excluding carboxylic acids is 2. The average Bonchev–Trinajstić information content (AvgIpc) is 2.41. The van der Waals surface area contributed by atoms with Crippen molar-refractivity contribution < 1.29 is 14.7 Å². The summed E-state index contributed by atoms with van der Waals surface area (Å²) in [6, 6.07) is 6.54.